The van der Waals surface area contributed by atoms with E-state index in [0.29, 0.717) is 24.0 Å². The Morgan fingerprint density at radius 2 is 1.92 bits per heavy atom. The first-order chi connectivity index (χ1) is 12.2. The Kier molecular flexibility index (Phi) is 5.14. The second kappa shape index (κ2) is 7.66. The molecule has 0 atom stereocenters. The van der Waals surface area contributed by atoms with Crippen LogP contribution in [-0.4, -0.2) is 25.6 Å². The molecule has 3 rings (SSSR count). The molecule has 2 aromatic carbocycles. The van der Waals surface area contributed by atoms with Gasteiger partial charge in [-0.05, 0) is 30.7 Å². The number of nitrogens with zero attached hydrogens (tertiary/aromatic N) is 1. The van der Waals surface area contributed by atoms with Crippen LogP contribution >= 0.6 is 0 Å². The van der Waals surface area contributed by atoms with E-state index in [1.165, 1.54) is 0 Å². The van der Waals surface area contributed by atoms with Crippen LogP contribution in [0.1, 0.15) is 24.5 Å². The molecule has 2 aromatic rings. The molecule has 0 N–H and O–H groups in total. The Morgan fingerprint density at radius 1 is 1.12 bits per heavy atom. The van der Waals surface area contributed by atoms with E-state index in [0.717, 1.165) is 17.5 Å². The van der Waals surface area contributed by atoms with Crippen molar-refractivity contribution in [2.45, 2.75) is 13.3 Å². The molecule has 0 radical (unpaired) electrons. The molecule has 25 heavy (non-hydrogen) atoms. The van der Waals surface area contributed by atoms with Gasteiger partial charge < -0.3 is 14.2 Å². The molecule has 0 aromatic heterocycles. The van der Waals surface area contributed by atoms with Crippen molar-refractivity contribution in [3.63, 3.8) is 0 Å². The molecule has 1 aliphatic heterocycles. The zero-order chi connectivity index (χ0) is 17.6. The molecule has 5 heteroatoms. The number of rotatable bonds is 6. The maximum Gasteiger partial charge on any atom is 0.363 e. The summed E-state index contributed by atoms with van der Waals surface area (Å²) in [5.74, 6) is 1.02. The monoisotopic (exact) mass is 337 g/mol. The van der Waals surface area contributed by atoms with E-state index >= 15 is 0 Å². The lowest BCUT2D eigenvalue weighted by molar-refractivity contribution is -0.129. The van der Waals surface area contributed by atoms with Crippen molar-refractivity contribution in [3.05, 3.63) is 65.4 Å². The molecule has 0 bridgehead atoms. The van der Waals surface area contributed by atoms with E-state index in [1.807, 2.05) is 55.5 Å². The van der Waals surface area contributed by atoms with Crippen LogP contribution in [0.2, 0.25) is 0 Å². The summed E-state index contributed by atoms with van der Waals surface area (Å²) >= 11 is 0. The predicted octanol–water partition coefficient (Wildman–Crippen LogP) is 3.83. The highest BCUT2D eigenvalue weighted by Crippen LogP contribution is 2.33. The summed E-state index contributed by atoms with van der Waals surface area (Å²) in [4.78, 5) is 16.5. The van der Waals surface area contributed by atoms with Gasteiger partial charge in [0.05, 0.1) is 13.7 Å². The summed E-state index contributed by atoms with van der Waals surface area (Å²) < 4.78 is 16.4. The highest BCUT2D eigenvalue weighted by molar-refractivity contribution is 6.12. The normalized spacial score (nSPS) is 15.0. The number of esters is 1. The minimum Gasteiger partial charge on any atom is -0.493 e. The molecule has 0 unspecified atom stereocenters. The average molecular weight is 337 g/mol. The summed E-state index contributed by atoms with van der Waals surface area (Å²) in [6, 6.07) is 14.8. The van der Waals surface area contributed by atoms with Crippen molar-refractivity contribution in [1.29, 1.82) is 0 Å². The third-order valence-corrected chi connectivity index (χ3v) is 3.61. The van der Waals surface area contributed by atoms with Gasteiger partial charge in [-0.2, -0.15) is 0 Å². The van der Waals surface area contributed by atoms with Gasteiger partial charge in [-0.15, -0.1) is 0 Å². The van der Waals surface area contributed by atoms with Crippen LogP contribution in [0, 0.1) is 0 Å². The van der Waals surface area contributed by atoms with Crippen molar-refractivity contribution in [1.82, 2.24) is 0 Å². The average Bonchev–Trinajstić information content (AvgIpc) is 3.02. The van der Waals surface area contributed by atoms with Crippen molar-refractivity contribution in [2.75, 3.05) is 13.7 Å². The minimum atomic E-state index is -0.483. The van der Waals surface area contributed by atoms with Gasteiger partial charge in [-0.3, -0.25) is 0 Å². The van der Waals surface area contributed by atoms with E-state index in [-0.39, 0.29) is 5.70 Å². The summed E-state index contributed by atoms with van der Waals surface area (Å²) in [6.07, 6.45) is 2.53. The van der Waals surface area contributed by atoms with Gasteiger partial charge in [-0.25, -0.2) is 9.79 Å². The summed E-state index contributed by atoms with van der Waals surface area (Å²) in [7, 11) is 1.58. The minimum absolute atomic E-state index is 0.230. The molecule has 1 aliphatic rings. The number of para-hydroxylation sites is 1. The molecule has 0 aliphatic carbocycles. The Morgan fingerprint density at radius 3 is 2.64 bits per heavy atom. The SMILES string of the molecule is CCCOc1c(/C=C2\N=C(c3ccccc3)OC2=O)cccc1OC. The fourth-order valence-corrected chi connectivity index (χ4v) is 2.43. The highest BCUT2D eigenvalue weighted by atomic mass is 16.6. The van der Waals surface area contributed by atoms with E-state index in [1.54, 1.807) is 13.2 Å². The fraction of sp³-hybridized carbons (Fsp3) is 0.200. The number of aliphatic imine (C=N–C) groups is 1. The quantitative estimate of drug-likeness (QED) is 0.594. The Bertz CT molecular complexity index is 825. The van der Waals surface area contributed by atoms with E-state index in [2.05, 4.69) is 4.99 Å². The van der Waals surface area contributed by atoms with Gasteiger partial charge in [0.2, 0.25) is 5.90 Å². The molecular weight excluding hydrogens is 318 g/mol. The lowest BCUT2D eigenvalue weighted by Gasteiger charge is -2.12. The second-order valence-electron chi connectivity index (χ2n) is 5.43. The van der Waals surface area contributed by atoms with Gasteiger partial charge in [0, 0.05) is 11.1 Å². The lowest BCUT2D eigenvalue weighted by Crippen LogP contribution is -2.05. The molecule has 5 nitrogen and oxygen atoms in total. The largest absolute Gasteiger partial charge is 0.493 e. The lowest BCUT2D eigenvalue weighted by atomic mass is 10.1. The molecule has 0 fully saturated rings. The van der Waals surface area contributed by atoms with Crippen LogP contribution in [-0.2, 0) is 9.53 Å². The van der Waals surface area contributed by atoms with Crippen molar-refractivity contribution in [2.24, 2.45) is 4.99 Å². The number of benzene rings is 2. The number of cyclic esters (lactones) is 1. The maximum atomic E-state index is 12.2. The van der Waals surface area contributed by atoms with Crippen LogP contribution in [0.4, 0.5) is 0 Å². The number of methoxy groups -OCH3 is 1. The van der Waals surface area contributed by atoms with Gasteiger partial charge in [0.25, 0.3) is 0 Å². The zero-order valence-electron chi connectivity index (χ0n) is 14.2. The predicted molar refractivity (Wildman–Crippen MR) is 95.8 cm³/mol. The molecule has 1 heterocycles. The first-order valence-corrected chi connectivity index (χ1v) is 8.10. The van der Waals surface area contributed by atoms with Gasteiger partial charge in [0.15, 0.2) is 17.2 Å². The van der Waals surface area contributed by atoms with Crippen molar-refractivity contribution < 1.29 is 19.0 Å². The Hall–Kier alpha value is -3.08. The molecule has 0 saturated heterocycles. The van der Waals surface area contributed by atoms with Gasteiger partial charge in [-0.1, -0.05) is 37.3 Å². The summed E-state index contributed by atoms with van der Waals surface area (Å²) in [5.41, 5.74) is 1.71. The molecule has 0 amide bonds. The molecular formula is C20H19NO4. The third kappa shape index (κ3) is 3.71. The summed E-state index contributed by atoms with van der Waals surface area (Å²) in [6.45, 7) is 2.58. The van der Waals surface area contributed by atoms with E-state index in [9.17, 15) is 4.79 Å². The van der Waals surface area contributed by atoms with Crippen molar-refractivity contribution in [3.8, 4) is 11.5 Å². The second-order valence-corrected chi connectivity index (χ2v) is 5.43. The first kappa shape index (κ1) is 16.8. The van der Waals surface area contributed by atoms with Gasteiger partial charge in [0.1, 0.15) is 0 Å². The number of hydrogen-bond acceptors (Lipinski definition) is 5. The van der Waals surface area contributed by atoms with Crippen LogP contribution in [0.15, 0.2) is 59.2 Å². The molecule has 128 valence electrons. The third-order valence-electron chi connectivity index (χ3n) is 3.61. The summed E-state index contributed by atoms with van der Waals surface area (Å²) in [5, 5.41) is 0. The number of hydrogen-bond donors (Lipinski definition) is 0. The maximum absolute atomic E-state index is 12.2. The molecule has 0 spiro atoms. The highest BCUT2D eigenvalue weighted by Gasteiger charge is 2.24. The standard InChI is InChI=1S/C20H19NO4/c1-3-12-24-18-15(10-7-11-17(18)23-2)13-16-20(22)25-19(21-16)14-8-5-4-6-9-14/h4-11,13H,3,12H2,1-2H3/b16-13-. The van der Waals surface area contributed by atoms with E-state index < -0.39 is 5.97 Å². The van der Waals surface area contributed by atoms with Gasteiger partial charge >= 0.3 is 5.97 Å². The smallest absolute Gasteiger partial charge is 0.363 e. The topological polar surface area (TPSA) is 57.1 Å². The number of carbonyl (C=O) groups is 1. The van der Waals surface area contributed by atoms with Crippen LogP contribution in [0.3, 0.4) is 0 Å². The number of ether oxygens (including phenoxy) is 3. The Balaban J connectivity index is 1.97. The fourth-order valence-electron chi connectivity index (χ4n) is 2.43. The zero-order valence-corrected chi connectivity index (χ0v) is 14.2. The van der Waals surface area contributed by atoms with E-state index in [4.69, 9.17) is 14.2 Å². The first-order valence-electron chi connectivity index (χ1n) is 8.10. The molecule has 0 saturated carbocycles. The van der Waals surface area contributed by atoms with Crippen LogP contribution in [0.5, 0.6) is 11.5 Å². The van der Waals surface area contributed by atoms with Crippen LogP contribution in [0.25, 0.3) is 6.08 Å². The van der Waals surface area contributed by atoms with Crippen molar-refractivity contribution >= 4 is 17.9 Å². The Labute approximate surface area is 146 Å². The number of carbonyl (C=O) groups excluding carboxylic acids is 1. The van der Waals surface area contributed by atoms with Crippen LogP contribution < -0.4 is 9.47 Å².